The van der Waals surface area contributed by atoms with Crippen LogP contribution in [0.4, 0.5) is 4.39 Å². The van der Waals surface area contributed by atoms with Crippen LogP contribution in [0.5, 0.6) is 5.75 Å². The first kappa shape index (κ1) is 23.0. The van der Waals surface area contributed by atoms with Crippen LogP contribution in [0.3, 0.4) is 0 Å². The van der Waals surface area contributed by atoms with Gasteiger partial charge in [0.1, 0.15) is 11.6 Å². The van der Waals surface area contributed by atoms with Crippen LogP contribution in [-0.4, -0.2) is 54.3 Å². The molecule has 4 rings (SSSR count). The number of carbonyl (C=O) groups is 2. The predicted molar refractivity (Wildman–Crippen MR) is 123 cm³/mol. The first-order valence-electron chi connectivity index (χ1n) is 11.4. The van der Waals surface area contributed by atoms with Crippen LogP contribution in [-0.2, 0) is 22.4 Å². The van der Waals surface area contributed by atoms with E-state index in [0.717, 1.165) is 28.2 Å². The molecule has 2 aliphatic rings. The molecule has 0 spiro atoms. The van der Waals surface area contributed by atoms with E-state index in [-0.39, 0.29) is 30.0 Å². The van der Waals surface area contributed by atoms with E-state index in [1.165, 1.54) is 6.07 Å². The number of fused-ring (bicyclic) bond motifs is 1. The Bertz CT molecular complexity index is 1050. The lowest BCUT2D eigenvalue weighted by Crippen LogP contribution is -2.45. The highest BCUT2D eigenvalue weighted by molar-refractivity contribution is 6.02. The van der Waals surface area contributed by atoms with Crippen molar-refractivity contribution in [3.8, 4) is 5.75 Å². The zero-order valence-electron chi connectivity index (χ0n) is 18.8. The second-order valence-corrected chi connectivity index (χ2v) is 8.86. The molecule has 2 atom stereocenters. The zero-order valence-corrected chi connectivity index (χ0v) is 18.8. The number of halogens is 1. The Hall–Kier alpha value is -3.22. The molecule has 2 aromatic carbocycles. The minimum absolute atomic E-state index is 0.00980. The number of hydrogen-bond donors (Lipinski definition) is 1. The van der Waals surface area contributed by atoms with Gasteiger partial charge in [0.05, 0.1) is 13.5 Å². The third-order valence-electron chi connectivity index (χ3n) is 6.71. The molecule has 2 aromatic rings. The topological polar surface area (TPSA) is 79.2 Å². The molecule has 0 aromatic heterocycles. The lowest BCUT2D eigenvalue weighted by molar-refractivity contribution is -0.139. The van der Waals surface area contributed by atoms with Crippen molar-refractivity contribution in [1.29, 1.82) is 0 Å². The average molecular weight is 453 g/mol. The van der Waals surface area contributed by atoms with Crippen molar-refractivity contribution in [3.05, 3.63) is 65.0 Å². The Morgan fingerprint density at radius 3 is 2.70 bits per heavy atom. The minimum Gasteiger partial charge on any atom is -0.497 e. The summed E-state index contributed by atoms with van der Waals surface area (Å²) in [5, 5.41) is 9.43. The van der Waals surface area contributed by atoms with E-state index in [9.17, 15) is 19.1 Å². The molecule has 2 heterocycles. The average Bonchev–Trinajstić information content (AvgIpc) is 2.80. The third-order valence-corrected chi connectivity index (χ3v) is 6.71. The van der Waals surface area contributed by atoms with Gasteiger partial charge in [0.15, 0.2) is 0 Å². The number of carbonyl (C=O) groups excluding carboxylic acids is 1. The molecule has 1 N–H and O–H groups in total. The number of carboxylic acid groups (broad SMARTS) is 1. The van der Waals surface area contributed by atoms with E-state index < -0.39 is 5.97 Å². The highest BCUT2D eigenvalue weighted by atomic mass is 19.1. The molecule has 2 aliphatic heterocycles. The van der Waals surface area contributed by atoms with Crippen molar-refractivity contribution in [1.82, 2.24) is 4.90 Å². The summed E-state index contributed by atoms with van der Waals surface area (Å²) in [7, 11) is 1.60. The van der Waals surface area contributed by atoms with E-state index in [4.69, 9.17) is 9.73 Å². The molecule has 7 heteroatoms. The fourth-order valence-corrected chi connectivity index (χ4v) is 4.93. The Kier molecular flexibility index (Phi) is 7.06. The summed E-state index contributed by atoms with van der Waals surface area (Å²) >= 11 is 0. The normalized spacial score (nSPS) is 20.1. The molecule has 1 fully saturated rings. The second-order valence-electron chi connectivity index (χ2n) is 8.86. The smallest absolute Gasteiger partial charge is 0.303 e. The summed E-state index contributed by atoms with van der Waals surface area (Å²) in [6.45, 7) is 1.66. The van der Waals surface area contributed by atoms with Gasteiger partial charge in [0.25, 0.3) is 0 Å². The summed E-state index contributed by atoms with van der Waals surface area (Å²) in [6.07, 6.45) is 2.31. The Morgan fingerprint density at radius 1 is 1.18 bits per heavy atom. The number of amides is 1. The van der Waals surface area contributed by atoms with Gasteiger partial charge in [0.2, 0.25) is 5.91 Å². The van der Waals surface area contributed by atoms with Gasteiger partial charge in [-0.05, 0) is 78.1 Å². The second kappa shape index (κ2) is 10.1. The van der Waals surface area contributed by atoms with Crippen LogP contribution in [0.1, 0.15) is 36.0 Å². The first-order chi connectivity index (χ1) is 15.9. The number of methoxy groups -OCH3 is 1. The molecule has 33 heavy (non-hydrogen) atoms. The van der Waals surface area contributed by atoms with Crippen molar-refractivity contribution >= 4 is 17.6 Å². The Balaban J connectivity index is 1.48. The fraction of sp³-hybridized carbons (Fsp3) is 0.423. The third kappa shape index (κ3) is 5.59. The molecule has 0 saturated carbocycles. The molecule has 1 amide bonds. The molecular formula is C26H29FN2O4. The van der Waals surface area contributed by atoms with E-state index in [0.29, 0.717) is 45.3 Å². The van der Waals surface area contributed by atoms with Gasteiger partial charge in [-0.2, -0.15) is 0 Å². The van der Waals surface area contributed by atoms with Crippen molar-refractivity contribution in [2.24, 2.45) is 16.8 Å². The van der Waals surface area contributed by atoms with Gasteiger partial charge in [0, 0.05) is 31.8 Å². The summed E-state index contributed by atoms with van der Waals surface area (Å²) < 4.78 is 18.9. The van der Waals surface area contributed by atoms with E-state index in [1.54, 1.807) is 19.2 Å². The lowest BCUT2D eigenvalue weighted by atomic mass is 9.78. The summed E-state index contributed by atoms with van der Waals surface area (Å²) in [5.74, 6) is -0.338. The largest absolute Gasteiger partial charge is 0.497 e. The SMILES string of the molecule is COc1ccc(CC(=O)N2CC[C@@H](CC(=O)O)[C@@H](CC3=NCCc4cc(F)ccc43)C2)cc1. The summed E-state index contributed by atoms with van der Waals surface area (Å²) in [6, 6.07) is 12.2. The van der Waals surface area contributed by atoms with Gasteiger partial charge >= 0.3 is 5.97 Å². The quantitative estimate of drug-likeness (QED) is 0.694. The molecule has 0 aliphatic carbocycles. The van der Waals surface area contributed by atoms with Gasteiger partial charge < -0.3 is 14.7 Å². The number of rotatable bonds is 7. The van der Waals surface area contributed by atoms with Crippen molar-refractivity contribution in [3.63, 3.8) is 0 Å². The number of aliphatic carboxylic acids is 1. The number of piperidine rings is 1. The lowest BCUT2D eigenvalue weighted by Gasteiger charge is -2.39. The highest BCUT2D eigenvalue weighted by Crippen LogP contribution is 2.32. The van der Waals surface area contributed by atoms with E-state index in [1.807, 2.05) is 29.2 Å². The van der Waals surface area contributed by atoms with Crippen LogP contribution in [0.25, 0.3) is 0 Å². The molecule has 0 unspecified atom stereocenters. The van der Waals surface area contributed by atoms with Crippen molar-refractivity contribution in [2.45, 2.75) is 32.1 Å². The molecular weight excluding hydrogens is 423 g/mol. The van der Waals surface area contributed by atoms with Gasteiger partial charge in [-0.25, -0.2) is 4.39 Å². The highest BCUT2D eigenvalue weighted by Gasteiger charge is 2.34. The standard InChI is InChI=1S/C26H29FN2O4/c1-33-22-5-2-17(3-6-22)12-25(30)29-11-9-18(15-26(31)32)20(16-29)14-24-23-7-4-21(27)13-19(23)8-10-28-24/h2-7,13,18,20H,8-12,14-16H2,1H3,(H,31,32)/t18-,20-/m0/s1. The number of ether oxygens (including phenoxy) is 1. The molecule has 1 saturated heterocycles. The molecule has 0 radical (unpaired) electrons. The van der Waals surface area contributed by atoms with Crippen LogP contribution in [0.15, 0.2) is 47.5 Å². The van der Waals surface area contributed by atoms with Crippen molar-refractivity contribution < 1.29 is 23.8 Å². The number of hydrogen-bond acceptors (Lipinski definition) is 4. The maximum Gasteiger partial charge on any atom is 0.303 e. The van der Waals surface area contributed by atoms with E-state index >= 15 is 0 Å². The van der Waals surface area contributed by atoms with Crippen LogP contribution >= 0.6 is 0 Å². The number of nitrogens with zero attached hydrogens (tertiary/aromatic N) is 2. The van der Waals surface area contributed by atoms with Gasteiger partial charge in [-0.1, -0.05) is 12.1 Å². The number of carboxylic acids is 1. The van der Waals surface area contributed by atoms with E-state index in [2.05, 4.69) is 0 Å². The van der Waals surface area contributed by atoms with Crippen LogP contribution in [0, 0.1) is 17.7 Å². The summed E-state index contributed by atoms with van der Waals surface area (Å²) in [5.41, 5.74) is 3.69. The van der Waals surface area contributed by atoms with Crippen LogP contribution < -0.4 is 4.74 Å². The maximum absolute atomic E-state index is 13.7. The predicted octanol–water partition coefficient (Wildman–Crippen LogP) is 3.75. The Morgan fingerprint density at radius 2 is 1.97 bits per heavy atom. The minimum atomic E-state index is -0.823. The Labute approximate surface area is 193 Å². The van der Waals surface area contributed by atoms with Crippen molar-refractivity contribution in [2.75, 3.05) is 26.7 Å². The fourth-order valence-electron chi connectivity index (χ4n) is 4.93. The molecule has 174 valence electrons. The van der Waals surface area contributed by atoms with Gasteiger partial charge in [-0.15, -0.1) is 0 Å². The number of benzene rings is 2. The van der Waals surface area contributed by atoms with Crippen LogP contribution in [0.2, 0.25) is 0 Å². The number of likely N-dealkylation sites (tertiary alicyclic amines) is 1. The molecule has 6 nitrogen and oxygen atoms in total. The number of aliphatic imine (C=N–C) groups is 1. The summed E-state index contributed by atoms with van der Waals surface area (Å²) in [4.78, 5) is 31.1. The maximum atomic E-state index is 13.7. The van der Waals surface area contributed by atoms with Gasteiger partial charge in [-0.3, -0.25) is 14.6 Å². The monoisotopic (exact) mass is 452 g/mol. The first-order valence-corrected chi connectivity index (χ1v) is 11.4. The molecule has 0 bridgehead atoms. The zero-order chi connectivity index (χ0) is 23.4.